The molecule has 1 aliphatic heterocycles. The molecule has 0 atom stereocenters. The van der Waals surface area contributed by atoms with Crippen LogP contribution in [0, 0.1) is 0 Å². The van der Waals surface area contributed by atoms with Crippen LogP contribution in [0.3, 0.4) is 0 Å². The van der Waals surface area contributed by atoms with Crippen molar-refractivity contribution >= 4 is 41.3 Å². The first-order valence-electron chi connectivity index (χ1n) is 11.9. The van der Waals surface area contributed by atoms with Crippen LogP contribution in [0.5, 0.6) is 5.75 Å². The maximum atomic E-state index is 6.23. The molecular formula is C27H26ClN7O2. The molecule has 4 aromatic rings. The molecule has 37 heavy (non-hydrogen) atoms. The van der Waals surface area contributed by atoms with E-state index in [9.17, 15) is 0 Å². The normalized spacial score (nSPS) is 13.5. The molecule has 2 N–H and O–H groups in total. The van der Waals surface area contributed by atoms with Crippen LogP contribution in [-0.2, 0) is 11.3 Å². The van der Waals surface area contributed by atoms with Crippen LogP contribution in [0.25, 0.3) is 0 Å². The van der Waals surface area contributed by atoms with Gasteiger partial charge < -0.3 is 19.7 Å². The Bertz CT molecular complexity index is 1350. The monoisotopic (exact) mass is 515 g/mol. The third-order valence-electron chi connectivity index (χ3n) is 5.54. The zero-order valence-corrected chi connectivity index (χ0v) is 20.8. The van der Waals surface area contributed by atoms with Gasteiger partial charge in [-0.15, -0.1) is 0 Å². The first-order chi connectivity index (χ1) is 18.2. The Kier molecular flexibility index (Phi) is 8.04. The summed E-state index contributed by atoms with van der Waals surface area (Å²) in [6.45, 7) is 3.05. The number of aromatic nitrogens is 3. The zero-order valence-electron chi connectivity index (χ0n) is 20.0. The largest absolute Gasteiger partial charge is 0.489 e. The number of hydrazone groups is 1. The van der Waals surface area contributed by atoms with Crippen molar-refractivity contribution in [2.24, 2.45) is 5.10 Å². The molecule has 0 saturated carbocycles. The molecule has 0 radical (unpaired) electrons. The van der Waals surface area contributed by atoms with Gasteiger partial charge in [-0.25, -0.2) is 5.43 Å². The third kappa shape index (κ3) is 6.93. The first-order valence-corrected chi connectivity index (χ1v) is 12.3. The zero-order chi connectivity index (χ0) is 25.3. The van der Waals surface area contributed by atoms with Crippen molar-refractivity contribution in [1.29, 1.82) is 0 Å². The third-order valence-corrected chi connectivity index (χ3v) is 5.90. The lowest BCUT2D eigenvalue weighted by atomic mass is 10.2. The Morgan fingerprint density at radius 2 is 1.70 bits per heavy atom. The fourth-order valence-corrected chi connectivity index (χ4v) is 3.84. The van der Waals surface area contributed by atoms with Gasteiger partial charge in [-0.1, -0.05) is 60.1 Å². The standard InChI is InChI=1S/C27H26ClN7O2/c28-24-12-5-4-8-21(24)19-37-23-11-6-7-20(17-23)18-29-34-26-31-25(30-22-9-2-1-3-10-22)32-27(33-26)35-13-15-36-16-14-35/h1-12,17-18H,13-16,19H2,(H2,30,31,32,33,34)/b29-18-. The van der Waals surface area contributed by atoms with Gasteiger partial charge in [0.15, 0.2) is 0 Å². The van der Waals surface area contributed by atoms with E-state index in [1.165, 1.54) is 0 Å². The van der Waals surface area contributed by atoms with Gasteiger partial charge in [0, 0.05) is 29.4 Å². The molecule has 0 amide bonds. The van der Waals surface area contributed by atoms with E-state index in [1.807, 2.05) is 78.9 Å². The molecule has 0 aliphatic carbocycles. The lowest BCUT2D eigenvalue weighted by Gasteiger charge is -2.27. The lowest BCUT2D eigenvalue weighted by Crippen LogP contribution is -2.37. The Morgan fingerprint density at radius 3 is 2.54 bits per heavy atom. The second-order valence-corrected chi connectivity index (χ2v) is 8.60. The molecule has 1 saturated heterocycles. The van der Waals surface area contributed by atoms with Crippen molar-refractivity contribution < 1.29 is 9.47 Å². The minimum atomic E-state index is 0.331. The summed E-state index contributed by atoms with van der Waals surface area (Å²) in [6.07, 6.45) is 1.69. The van der Waals surface area contributed by atoms with E-state index in [1.54, 1.807) is 6.21 Å². The molecule has 2 heterocycles. The quantitative estimate of drug-likeness (QED) is 0.234. The summed E-state index contributed by atoms with van der Waals surface area (Å²) in [5.74, 6) is 2.03. The van der Waals surface area contributed by atoms with Crippen LogP contribution < -0.4 is 20.4 Å². The topological polar surface area (TPSA) is 96.8 Å². The summed E-state index contributed by atoms with van der Waals surface area (Å²) in [5, 5.41) is 8.26. The number of para-hydroxylation sites is 1. The van der Waals surface area contributed by atoms with Gasteiger partial charge in [0.25, 0.3) is 0 Å². The predicted octanol–water partition coefficient (Wildman–Crippen LogP) is 5.13. The highest BCUT2D eigenvalue weighted by molar-refractivity contribution is 6.31. The molecule has 0 unspecified atom stereocenters. The van der Waals surface area contributed by atoms with Crippen LogP contribution in [0.4, 0.5) is 23.5 Å². The van der Waals surface area contributed by atoms with Crippen molar-refractivity contribution in [1.82, 2.24) is 15.0 Å². The van der Waals surface area contributed by atoms with Gasteiger partial charge >= 0.3 is 0 Å². The first kappa shape index (κ1) is 24.5. The molecule has 9 nitrogen and oxygen atoms in total. The van der Waals surface area contributed by atoms with Crippen molar-refractivity contribution in [2.45, 2.75) is 6.61 Å². The van der Waals surface area contributed by atoms with Crippen LogP contribution in [0.15, 0.2) is 84.0 Å². The van der Waals surface area contributed by atoms with E-state index in [0.29, 0.717) is 61.5 Å². The van der Waals surface area contributed by atoms with E-state index in [0.717, 1.165) is 16.8 Å². The summed E-state index contributed by atoms with van der Waals surface area (Å²) in [7, 11) is 0. The Balaban J connectivity index is 1.28. The van der Waals surface area contributed by atoms with Gasteiger partial charge in [0.1, 0.15) is 12.4 Å². The number of hydrogen-bond donors (Lipinski definition) is 2. The van der Waals surface area contributed by atoms with E-state index >= 15 is 0 Å². The van der Waals surface area contributed by atoms with E-state index in [4.69, 9.17) is 21.1 Å². The number of nitrogens with zero attached hydrogens (tertiary/aromatic N) is 5. The highest BCUT2D eigenvalue weighted by Crippen LogP contribution is 2.20. The number of hydrogen-bond acceptors (Lipinski definition) is 9. The SMILES string of the molecule is Clc1ccccc1COc1cccc(/C=N\Nc2nc(Nc3ccccc3)nc(N3CCOCC3)n2)c1. The van der Waals surface area contributed by atoms with E-state index in [2.05, 4.69) is 35.7 Å². The van der Waals surface area contributed by atoms with Gasteiger partial charge in [-0.3, -0.25) is 0 Å². The maximum Gasteiger partial charge on any atom is 0.250 e. The lowest BCUT2D eigenvalue weighted by molar-refractivity contribution is 0.122. The van der Waals surface area contributed by atoms with Crippen LogP contribution in [0.1, 0.15) is 11.1 Å². The average Bonchev–Trinajstić information content (AvgIpc) is 2.94. The molecule has 1 aliphatic rings. The van der Waals surface area contributed by atoms with Gasteiger partial charge in [-0.05, 0) is 35.9 Å². The van der Waals surface area contributed by atoms with E-state index in [-0.39, 0.29) is 0 Å². The number of anilines is 4. The number of rotatable bonds is 9. The number of halogens is 1. The Hall–Kier alpha value is -4.21. The Labute approximate surface area is 220 Å². The second kappa shape index (κ2) is 12.2. The number of morpholine rings is 1. The van der Waals surface area contributed by atoms with Gasteiger partial charge in [-0.2, -0.15) is 20.1 Å². The molecule has 1 aromatic heterocycles. The Morgan fingerprint density at radius 1 is 0.919 bits per heavy atom. The molecule has 0 spiro atoms. The number of ether oxygens (including phenoxy) is 2. The molecule has 188 valence electrons. The van der Waals surface area contributed by atoms with Crippen LogP contribution in [-0.4, -0.2) is 47.5 Å². The second-order valence-electron chi connectivity index (χ2n) is 8.20. The van der Waals surface area contributed by atoms with E-state index < -0.39 is 0 Å². The summed E-state index contributed by atoms with van der Waals surface area (Å²) in [5.41, 5.74) is 5.60. The molecule has 5 rings (SSSR count). The number of nitrogens with one attached hydrogen (secondary N) is 2. The summed E-state index contributed by atoms with van der Waals surface area (Å²) < 4.78 is 11.4. The minimum Gasteiger partial charge on any atom is -0.489 e. The molecule has 0 bridgehead atoms. The summed E-state index contributed by atoms with van der Waals surface area (Å²) in [4.78, 5) is 15.7. The molecule has 3 aromatic carbocycles. The van der Waals surface area contributed by atoms with Crippen molar-refractivity contribution in [3.8, 4) is 5.75 Å². The van der Waals surface area contributed by atoms with Gasteiger partial charge in [0.2, 0.25) is 17.8 Å². The van der Waals surface area contributed by atoms with Crippen molar-refractivity contribution in [2.75, 3.05) is 41.9 Å². The van der Waals surface area contributed by atoms with Crippen LogP contribution in [0.2, 0.25) is 5.02 Å². The van der Waals surface area contributed by atoms with Crippen molar-refractivity contribution in [3.05, 3.63) is 95.0 Å². The predicted molar refractivity (Wildman–Crippen MR) is 146 cm³/mol. The highest BCUT2D eigenvalue weighted by Gasteiger charge is 2.16. The maximum absolute atomic E-state index is 6.23. The fourth-order valence-electron chi connectivity index (χ4n) is 3.65. The average molecular weight is 516 g/mol. The van der Waals surface area contributed by atoms with Crippen molar-refractivity contribution in [3.63, 3.8) is 0 Å². The van der Waals surface area contributed by atoms with Crippen LogP contribution >= 0.6 is 11.6 Å². The summed E-state index contributed by atoms with van der Waals surface area (Å²) >= 11 is 6.23. The fraction of sp³-hybridized carbons (Fsp3) is 0.185. The number of benzene rings is 3. The molecular weight excluding hydrogens is 490 g/mol. The smallest absolute Gasteiger partial charge is 0.250 e. The molecule has 10 heteroatoms. The summed E-state index contributed by atoms with van der Waals surface area (Å²) in [6, 6.07) is 25.0. The van der Waals surface area contributed by atoms with Gasteiger partial charge in [0.05, 0.1) is 19.4 Å². The highest BCUT2D eigenvalue weighted by atomic mass is 35.5. The molecule has 1 fully saturated rings. The minimum absolute atomic E-state index is 0.331.